The molecule has 1 saturated carbocycles. The highest BCUT2D eigenvalue weighted by molar-refractivity contribution is 14.1. The van der Waals surface area contributed by atoms with E-state index < -0.39 is 0 Å². The standard InChI is InChI=1S/C14H19IN2O/c1-9(10-4-2-3-5-10)17-14(18)11-6-12(15)8-13(16)7-11/h6-10H,2-5,16H2,1H3,(H,17,18). The molecule has 1 aliphatic carbocycles. The monoisotopic (exact) mass is 358 g/mol. The van der Waals surface area contributed by atoms with Gasteiger partial charge in [0, 0.05) is 20.9 Å². The Hall–Kier alpha value is -0.780. The molecule has 1 aromatic carbocycles. The molecule has 4 heteroatoms. The SMILES string of the molecule is CC(NC(=O)c1cc(N)cc(I)c1)C1CCCC1. The number of carbonyl (C=O) groups excluding carboxylic acids is 1. The fraction of sp³-hybridized carbons (Fsp3) is 0.500. The Bertz CT molecular complexity index is 421. The zero-order valence-corrected chi connectivity index (χ0v) is 12.7. The van der Waals surface area contributed by atoms with Crippen molar-refractivity contribution in [1.29, 1.82) is 0 Å². The lowest BCUT2D eigenvalue weighted by Gasteiger charge is -2.20. The number of benzene rings is 1. The van der Waals surface area contributed by atoms with Gasteiger partial charge in [0.25, 0.3) is 5.91 Å². The molecule has 1 aliphatic rings. The molecule has 3 nitrogen and oxygen atoms in total. The van der Waals surface area contributed by atoms with E-state index in [1.807, 2.05) is 12.1 Å². The topological polar surface area (TPSA) is 55.1 Å². The smallest absolute Gasteiger partial charge is 0.251 e. The van der Waals surface area contributed by atoms with Gasteiger partial charge < -0.3 is 11.1 Å². The van der Waals surface area contributed by atoms with Crippen molar-refractivity contribution < 1.29 is 4.79 Å². The van der Waals surface area contributed by atoms with Crippen molar-refractivity contribution in [2.24, 2.45) is 5.92 Å². The summed E-state index contributed by atoms with van der Waals surface area (Å²) in [6, 6.07) is 5.71. The molecule has 0 radical (unpaired) electrons. The summed E-state index contributed by atoms with van der Waals surface area (Å²) in [6.07, 6.45) is 5.05. The second-order valence-electron chi connectivity index (χ2n) is 5.08. The van der Waals surface area contributed by atoms with E-state index in [1.54, 1.807) is 6.07 Å². The van der Waals surface area contributed by atoms with Crippen LogP contribution in [0.4, 0.5) is 5.69 Å². The van der Waals surface area contributed by atoms with Gasteiger partial charge in [0.1, 0.15) is 0 Å². The minimum absolute atomic E-state index is 0.0142. The maximum Gasteiger partial charge on any atom is 0.251 e. The van der Waals surface area contributed by atoms with Crippen LogP contribution in [0, 0.1) is 9.49 Å². The van der Waals surface area contributed by atoms with E-state index in [2.05, 4.69) is 34.8 Å². The second kappa shape index (κ2) is 5.91. The third kappa shape index (κ3) is 3.37. The lowest BCUT2D eigenvalue weighted by Crippen LogP contribution is -2.37. The van der Waals surface area contributed by atoms with E-state index >= 15 is 0 Å². The fourth-order valence-electron chi connectivity index (χ4n) is 2.61. The number of anilines is 1. The summed E-state index contributed by atoms with van der Waals surface area (Å²) in [4.78, 5) is 12.1. The van der Waals surface area contributed by atoms with E-state index in [9.17, 15) is 4.79 Å². The summed E-state index contributed by atoms with van der Waals surface area (Å²) in [5, 5.41) is 3.09. The summed E-state index contributed by atoms with van der Waals surface area (Å²) in [6.45, 7) is 2.10. The van der Waals surface area contributed by atoms with Crippen molar-refractivity contribution in [3.05, 3.63) is 27.3 Å². The molecule has 0 bridgehead atoms. The van der Waals surface area contributed by atoms with Gasteiger partial charge in [0.05, 0.1) is 0 Å². The predicted molar refractivity (Wildman–Crippen MR) is 82.5 cm³/mol. The summed E-state index contributed by atoms with van der Waals surface area (Å²) in [5.74, 6) is 0.619. The van der Waals surface area contributed by atoms with Gasteiger partial charge in [0.2, 0.25) is 0 Å². The Morgan fingerprint density at radius 1 is 1.39 bits per heavy atom. The first kappa shape index (κ1) is 13.6. The number of halogens is 1. The zero-order valence-electron chi connectivity index (χ0n) is 10.6. The van der Waals surface area contributed by atoms with Crippen LogP contribution in [0.1, 0.15) is 43.0 Å². The van der Waals surface area contributed by atoms with Crippen LogP contribution in [-0.2, 0) is 0 Å². The van der Waals surface area contributed by atoms with Crippen molar-refractivity contribution >= 4 is 34.2 Å². The van der Waals surface area contributed by atoms with Crippen LogP contribution in [0.3, 0.4) is 0 Å². The van der Waals surface area contributed by atoms with E-state index in [0.717, 1.165) is 3.57 Å². The van der Waals surface area contributed by atoms with Crippen LogP contribution in [-0.4, -0.2) is 11.9 Å². The molecule has 1 fully saturated rings. The molecule has 98 valence electrons. The largest absolute Gasteiger partial charge is 0.399 e. The number of rotatable bonds is 3. The van der Waals surface area contributed by atoms with Crippen LogP contribution >= 0.6 is 22.6 Å². The quantitative estimate of drug-likeness (QED) is 0.644. The molecule has 1 unspecified atom stereocenters. The van der Waals surface area contributed by atoms with Crippen LogP contribution in [0.25, 0.3) is 0 Å². The molecular formula is C14H19IN2O. The van der Waals surface area contributed by atoms with Gasteiger partial charge >= 0.3 is 0 Å². The second-order valence-corrected chi connectivity index (χ2v) is 6.33. The van der Waals surface area contributed by atoms with Crippen molar-refractivity contribution in [2.45, 2.75) is 38.6 Å². The van der Waals surface area contributed by atoms with Crippen molar-refractivity contribution in [3.63, 3.8) is 0 Å². The minimum Gasteiger partial charge on any atom is -0.399 e. The van der Waals surface area contributed by atoms with E-state index in [4.69, 9.17) is 5.73 Å². The zero-order chi connectivity index (χ0) is 13.1. The molecule has 1 amide bonds. The van der Waals surface area contributed by atoms with Crippen molar-refractivity contribution in [2.75, 3.05) is 5.73 Å². The average molecular weight is 358 g/mol. The number of hydrogen-bond donors (Lipinski definition) is 2. The molecule has 0 heterocycles. The summed E-state index contributed by atoms with van der Waals surface area (Å²) in [5.41, 5.74) is 7.06. The summed E-state index contributed by atoms with van der Waals surface area (Å²) < 4.78 is 0.992. The van der Waals surface area contributed by atoms with E-state index in [0.29, 0.717) is 17.2 Å². The first-order chi connectivity index (χ1) is 8.56. The molecule has 1 atom stereocenters. The van der Waals surface area contributed by atoms with Gasteiger partial charge in [-0.15, -0.1) is 0 Å². The van der Waals surface area contributed by atoms with Gasteiger partial charge in [-0.3, -0.25) is 4.79 Å². The molecule has 3 N–H and O–H groups in total. The van der Waals surface area contributed by atoms with Gasteiger partial charge in [-0.25, -0.2) is 0 Å². The molecule has 2 rings (SSSR count). The number of amides is 1. The van der Waals surface area contributed by atoms with E-state index in [1.165, 1.54) is 25.7 Å². The normalized spacial score (nSPS) is 17.7. The Balaban J connectivity index is 2.02. The van der Waals surface area contributed by atoms with Gasteiger partial charge in [0.15, 0.2) is 0 Å². The van der Waals surface area contributed by atoms with E-state index in [-0.39, 0.29) is 11.9 Å². The third-order valence-electron chi connectivity index (χ3n) is 3.65. The van der Waals surface area contributed by atoms with Crippen LogP contribution in [0.15, 0.2) is 18.2 Å². The Morgan fingerprint density at radius 3 is 2.67 bits per heavy atom. The molecule has 0 spiro atoms. The highest BCUT2D eigenvalue weighted by Gasteiger charge is 2.23. The number of nitrogen functional groups attached to an aromatic ring is 1. The molecule has 0 aromatic heterocycles. The number of hydrogen-bond acceptors (Lipinski definition) is 2. The molecule has 1 aromatic rings. The highest BCUT2D eigenvalue weighted by Crippen LogP contribution is 2.27. The van der Waals surface area contributed by atoms with Crippen molar-refractivity contribution in [3.8, 4) is 0 Å². The maximum atomic E-state index is 12.1. The predicted octanol–water partition coefficient (Wildman–Crippen LogP) is 3.18. The van der Waals surface area contributed by atoms with Gasteiger partial charge in [-0.2, -0.15) is 0 Å². The third-order valence-corrected chi connectivity index (χ3v) is 4.27. The van der Waals surface area contributed by atoms with Gasteiger partial charge in [-0.1, -0.05) is 12.8 Å². The van der Waals surface area contributed by atoms with Crippen LogP contribution < -0.4 is 11.1 Å². The van der Waals surface area contributed by atoms with Crippen LogP contribution in [0.5, 0.6) is 0 Å². The summed E-state index contributed by atoms with van der Waals surface area (Å²) in [7, 11) is 0. The molecule has 0 aliphatic heterocycles. The van der Waals surface area contributed by atoms with Crippen molar-refractivity contribution in [1.82, 2.24) is 5.32 Å². The number of carbonyl (C=O) groups is 1. The lowest BCUT2D eigenvalue weighted by atomic mass is 9.99. The Kier molecular flexibility index (Phi) is 4.48. The Labute approximate surface area is 122 Å². The first-order valence-electron chi connectivity index (χ1n) is 6.43. The molecule has 0 saturated heterocycles. The van der Waals surface area contributed by atoms with Crippen LogP contribution in [0.2, 0.25) is 0 Å². The average Bonchev–Trinajstić information content (AvgIpc) is 2.80. The molecule has 18 heavy (non-hydrogen) atoms. The maximum absolute atomic E-state index is 12.1. The number of nitrogens with two attached hydrogens (primary N) is 1. The highest BCUT2D eigenvalue weighted by atomic mass is 127. The fourth-order valence-corrected chi connectivity index (χ4v) is 3.30. The van der Waals surface area contributed by atoms with Gasteiger partial charge in [-0.05, 0) is 66.5 Å². The number of nitrogens with one attached hydrogen (secondary N) is 1. The molecular weight excluding hydrogens is 339 g/mol. The summed E-state index contributed by atoms with van der Waals surface area (Å²) >= 11 is 2.18. The minimum atomic E-state index is -0.0142. The Morgan fingerprint density at radius 2 is 2.06 bits per heavy atom. The first-order valence-corrected chi connectivity index (χ1v) is 7.51. The lowest BCUT2D eigenvalue weighted by molar-refractivity contribution is 0.0927.